The van der Waals surface area contributed by atoms with E-state index < -0.39 is 0 Å². The van der Waals surface area contributed by atoms with Crippen molar-refractivity contribution in [1.29, 1.82) is 0 Å². The van der Waals surface area contributed by atoms with Crippen LogP contribution in [-0.2, 0) is 16.0 Å². The summed E-state index contributed by atoms with van der Waals surface area (Å²) < 4.78 is 7.32. The minimum absolute atomic E-state index is 0.0148. The molecule has 0 aliphatic carbocycles. The average Bonchev–Trinajstić information content (AvgIpc) is 2.81. The van der Waals surface area contributed by atoms with Crippen molar-refractivity contribution in [2.75, 3.05) is 6.61 Å². The minimum Gasteiger partial charge on any atom is -0.468 e. The van der Waals surface area contributed by atoms with Gasteiger partial charge in [0.2, 0.25) is 5.91 Å². The first-order valence-electron chi connectivity index (χ1n) is 6.50. The van der Waals surface area contributed by atoms with Crippen LogP contribution in [-0.4, -0.2) is 28.6 Å². The number of thiocarbonyl (C=S) groups is 1. The molecule has 5 heteroatoms. The van der Waals surface area contributed by atoms with Crippen LogP contribution in [0.5, 0.6) is 0 Å². The lowest BCUT2D eigenvalue weighted by Gasteiger charge is -2.21. The molecule has 106 valence electrons. The summed E-state index contributed by atoms with van der Waals surface area (Å²) in [6.07, 6.45) is 3.95. The summed E-state index contributed by atoms with van der Waals surface area (Å²) in [5.74, 6) is 0.0444. The smallest absolute Gasteiger partial charge is 0.266 e. The van der Waals surface area contributed by atoms with Gasteiger partial charge >= 0.3 is 0 Å². The Hall–Kier alpha value is -0.950. The predicted octanol–water partition coefficient (Wildman–Crippen LogP) is 3.47. The molecule has 2 rings (SSSR count). The molecule has 0 aromatic heterocycles. The lowest BCUT2D eigenvalue weighted by atomic mass is 10.1. The van der Waals surface area contributed by atoms with E-state index in [0.29, 0.717) is 18.2 Å². The normalized spacial score (nSPS) is 18.6. The van der Waals surface area contributed by atoms with Crippen LogP contribution < -0.4 is 0 Å². The molecule has 1 aromatic rings. The van der Waals surface area contributed by atoms with Gasteiger partial charge in [-0.15, -0.1) is 0 Å². The molecule has 1 atom stereocenters. The number of hydrogen-bond donors (Lipinski definition) is 0. The van der Waals surface area contributed by atoms with E-state index in [1.807, 2.05) is 28.4 Å². The van der Waals surface area contributed by atoms with E-state index in [-0.39, 0.29) is 11.9 Å². The molecule has 0 spiro atoms. The highest BCUT2D eigenvalue weighted by atomic mass is 127. The maximum Gasteiger partial charge on any atom is 0.266 e. The standard InChI is InChI=1S/C15H16INO2S/c16-9-5-4-8-14(18)17-13(11-19-15(17)20)10-12-6-2-1-3-7-12/h1-3,5-7,9,13H,4,8,10-11H2/b9-5-/t13-/m0/s1. The first kappa shape index (κ1) is 15.4. The largest absolute Gasteiger partial charge is 0.468 e. The molecule has 3 nitrogen and oxygen atoms in total. The number of amides is 1. The summed E-state index contributed by atoms with van der Waals surface area (Å²) in [5, 5.41) is 0.314. The molecule has 1 heterocycles. The molecule has 1 aliphatic heterocycles. The second kappa shape index (κ2) is 7.73. The first-order valence-corrected chi connectivity index (χ1v) is 8.15. The molecule has 1 aliphatic rings. The highest BCUT2D eigenvalue weighted by Crippen LogP contribution is 2.19. The second-order valence-electron chi connectivity index (χ2n) is 4.58. The zero-order valence-electron chi connectivity index (χ0n) is 11.0. The van der Waals surface area contributed by atoms with Gasteiger partial charge in [-0.3, -0.25) is 9.69 Å². The number of ether oxygens (including phenoxy) is 1. The molecule has 0 N–H and O–H groups in total. The zero-order valence-corrected chi connectivity index (χ0v) is 14.0. The third-order valence-electron chi connectivity index (χ3n) is 3.16. The van der Waals surface area contributed by atoms with Gasteiger partial charge in [-0.2, -0.15) is 0 Å². The van der Waals surface area contributed by atoms with Gasteiger partial charge in [-0.05, 0) is 34.7 Å². The topological polar surface area (TPSA) is 29.5 Å². The van der Waals surface area contributed by atoms with Crippen LogP contribution in [0.1, 0.15) is 18.4 Å². The minimum atomic E-state index is 0.0148. The highest BCUT2D eigenvalue weighted by Gasteiger charge is 2.34. The van der Waals surface area contributed by atoms with Crippen molar-refractivity contribution in [3.63, 3.8) is 0 Å². The van der Waals surface area contributed by atoms with Gasteiger partial charge in [0.05, 0.1) is 6.04 Å². The summed E-state index contributed by atoms with van der Waals surface area (Å²) in [6.45, 7) is 0.488. The fraction of sp³-hybridized carbons (Fsp3) is 0.333. The van der Waals surface area contributed by atoms with E-state index >= 15 is 0 Å². The van der Waals surface area contributed by atoms with E-state index in [0.717, 1.165) is 12.8 Å². The quantitative estimate of drug-likeness (QED) is 0.559. The molecule has 1 amide bonds. The van der Waals surface area contributed by atoms with Crippen LogP contribution in [0.25, 0.3) is 0 Å². The van der Waals surface area contributed by atoms with Crippen molar-refractivity contribution in [2.45, 2.75) is 25.3 Å². The monoisotopic (exact) mass is 401 g/mol. The SMILES string of the molecule is O=C(CC/C=C\I)N1C(=S)OC[C@@H]1Cc1ccccc1. The van der Waals surface area contributed by atoms with Crippen molar-refractivity contribution in [3.8, 4) is 0 Å². The Morgan fingerprint density at radius 2 is 2.20 bits per heavy atom. The lowest BCUT2D eigenvalue weighted by molar-refractivity contribution is -0.128. The zero-order chi connectivity index (χ0) is 14.4. The molecule has 0 bridgehead atoms. The van der Waals surface area contributed by atoms with E-state index in [9.17, 15) is 4.79 Å². The average molecular weight is 401 g/mol. The number of nitrogens with zero attached hydrogens (tertiary/aromatic N) is 1. The third kappa shape index (κ3) is 4.02. The summed E-state index contributed by atoms with van der Waals surface area (Å²) in [6, 6.07) is 10.1. The Morgan fingerprint density at radius 1 is 1.45 bits per heavy atom. The van der Waals surface area contributed by atoms with Crippen molar-refractivity contribution in [3.05, 3.63) is 46.1 Å². The summed E-state index contributed by atoms with van der Waals surface area (Å²) in [4.78, 5) is 13.9. The van der Waals surface area contributed by atoms with Gasteiger partial charge in [0.15, 0.2) is 0 Å². The maximum atomic E-state index is 12.3. The number of halogens is 1. The maximum absolute atomic E-state index is 12.3. The van der Waals surface area contributed by atoms with Crippen LogP contribution in [0.15, 0.2) is 40.5 Å². The van der Waals surface area contributed by atoms with Crippen LogP contribution in [0.2, 0.25) is 0 Å². The summed E-state index contributed by atoms with van der Waals surface area (Å²) in [5.41, 5.74) is 1.19. The van der Waals surface area contributed by atoms with E-state index in [4.69, 9.17) is 17.0 Å². The first-order chi connectivity index (χ1) is 9.72. The number of hydrogen-bond acceptors (Lipinski definition) is 3. The number of allylic oxidation sites excluding steroid dienone is 1. The number of carbonyl (C=O) groups is 1. The Labute approximate surface area is 138 Å². The Bertz CT molecular complexity index is 504. The molecule has 1 aromatic carbocycles. The van der Waals surface area contributed by atoms with Crippen LogP contribution in [0, 0.1) is 0 Å². The second-order valence-corrected chi connectivity index (χ2v) is 5.65. The van der Waals surface area contributed by atoms with Gasteiger partial charge in [-0.25, -0.2) is 0 Å². The Balaban J connectivity index is 2.01. The molecular weight excluding hydrogens is 385 g/mol. The fourth-order valence-corrected chi connectivity index (χ4v) is 2.87. The van der Waals surface area contributed by atoms with Crippen molar-refractivity contribution < 1.29 is 9.53 Å². The van der Waals surface area contributed by atoms with E-state index in [2.05, 4.69) is 34.7 Å². The third-order valence-corrected chi connectivity index (χ3v) is 3.98. The van der Waals surface area contributed by atoms with E-state index in [1.165, 1.54) is 5.56 Å². The van der Waals surface area contributed by atoms with Crippen LogP contribution in [0.4, 0.5) is 0 Å². The molecule has 0 saturated carbocycles. The molecule has 0 radical (unpaired) electrons. The Morgan fingerprint density at radius 3 is 2.90 bits per heavy atom. The number of rotatable bonds is 5. The predicted molar refractivity (Wildman–Crippen MR) is 91.7 cm³/mol. The van der Waals surface area contributed by atoms with Crippen molar-refractivity contribution in [1.82, 2.24) is 4.90 Å². The van der Waals surface area contributed by atoms with Gasteiger partial charge in [0.1, 0.15) is 6.61 Å². The van der Waals surface area contributed by atoms with Crippen molar-refractivity contribution >= 4 is 45.9 Å². The van der Waals surface area contributed by atoms with Gasteiger partial charge in [0, 0.05) is 6.42 Å². The van der Waals surface area contributed by atoms with Gasteiger partial charge < -0.3 is 4.74 Å². The molecule has 1 saturated heterocycles. The summed E-state index contributed by atoms with van der Waals surface area (Å²) >= 11 is 7.30. The Kier molecular flexibility index (Phi) is 5.97. The van der Waals surface area contributed by atoms with Crippen molar-refractivity contribution in [2.24, 2.45) is 0 Å². The lowest BCUT2D eigenvalue weighted by Crippen LogP contribution is -2.39. The highest BCUT2D eigenvalue weighted by molar-refractivity contribution is 14.1. The molecular formula is C15H16INO2S. The van der Waals surface area contributed by atoms with Crippen LogP contribution in [0.3, 0.4) is 0 Å². The molecule has 0 unspecified atom stereocenters. The fourth-order valence-electron chi connectivity index (χ4n) is 2.19. The summed E-state index contributed by atoms with van der Waals surface area (Å²) in [7, 11) is 0. The number of carbonyl (C=O) groups excluding carboxylic acids is 1. The number of benzene rings is 1. The van der Waals surface area contributed by atoms with Crippen LogP contribution >= 0.6 is 34.8 Å². The molecule has 20 heavy (non-hydrogen) atoms. The molecule has 1 fully saturated rings. The van der Waals surface area contributed by atoms with E-state index in [1.54, 1.807) is 4.90 Å². The van der Waals surface area contributed by atoms with Gasteiger partial charge in [-0.1, -0.05) is 59.0 Å². The van der Waals surface area contributed by atoms with Gasteiger partial charge in [0.25, 0.3) is 5.17 Å².